The second-order valence-electron chi connectivity index (χ2n) is 8.27. The number of piperidine rings is 1. The molecule has 1 aromatic rings. The monoisotopic (exact) mass is 467 g/mol. The number of likely N-dealkylation sites (tertiary alicyclic amines) is 1. The minimum absolute atomic E-state index is 0.0183. The van der Waals surface area contributed by atoms with Crippen molar-refractivity contribution < 1.29 is 27.4 Å². The first-order valence-corrected chi connectivity index (χ1v) is 12.9. The molecule has 1 unspecified atom stereocenters. The zero-order valence-electron chi connectivity index (χ0n) is 18.7. The molecule has 32 heavy (non-hydrogen) atoms. The maximum absolute atomic E-state index is 13.7. The summed E-state index contributed by atoms with van der Waals surface area (Å²) in [6, 6.07) is 4.95. The fraction of sp³-hybridized carbons (Fsp3) is 0.682. The molecule has 1 amide bonds. The van der Waals surface area contributed by atoms with Crippen LogP contribution in [-0.4, -0.2) is 102 Å². The molecule has 0 aliphatic carbocycles. The molecule has 0 bridgehead atoms. The van der Waals surface area contributed by atoms with E-state index in [4.69, 9.17) is 14.2 Å². The number of anilines is 1. The molecule has 3 saturated heterocycles. The van der Waals surface area contributed by atoms with Crippen LogP contribution in [0.1, 0.15) is 30.1 Å². The number of sulfonamides is 1. The SMILES string of the molecule is CCOC1CCCN(C(=O)c2cc(S(=O)(=O)N3CCOCC3)ccc2N2CCOCC2)C1. The zero-order chi connectivity index (χ0) is 22.6. The summed E-state index contributed by atoms with van der Waals surface area (Å²) in [4.78, 5) is 17.7. The van der Waals surface area contributed by atoms with E-state index in [9.17, 15) is 13.2 Å². The highest BCUT2D eigenvalue weighted by molar-refractivity contribution is 7.89. The van der Waals surface area contributed by atoms with Gasteiger partial charge in [0.05, 0.1) is 43.0 Å². The number of carbonyl (C=O) groups is 1. The molecule has 3 fully saturated rings. The van der Waals surface area contributed by atoms with E-state index < -0.39 is 10.0 Å². The van der Waals surface area contributed by atoms with Crippen molar-refractivity contribution in [3.63, 3.8) is 0 Å². The van der Waals surface area contributed by atoms with E-state index in [1.807, 2.05) is 6.92 Å². The van der Waals surface area contributed by atoms with Crippen molar-refractivity contribution in [2.45, 2.75) is 30.8 Å². The Morgan fingerprint density at radius 3 is 2.44 bits per heavy atom. The van der Waals surface area contributed by atoms with Crippen LogP contribution in [0.25, 0.3) is 0 Å². The first-order chi connectivity index (χ1) is 15.5. The van der Waals surface area contributed by atoms with Crippen molar-refractivity contribution in [1.29, 1.82) is 0 Å². The molecule has 0 spiro atoms. The van der Waals surface area contributed by atoms with Gasteiger partial charge in [-0.3, -0.25) is 4.79 Å². The van der Waals surface area contributed by atoms with Gasteiger partial charge in [0, 0.05) is 51.6 Å². The summed E-state index contributed by atoms with van der Waals surface area (Å²) in [5.74, 6) is -0.144. The molecule has 3 aliphatic rings. The first kappa shape index (κ1) is 23.4. The number of ether oxygens (including phenoxy) is 3. The number of morpholine rings is 2. The number of hydrogen-bond donors (Lipinski definition) is 0. The summed E-state index contributed by atoms with van der Waals surface area (Å²) in [6.45, 7) is 7.62. The Morgan fingerprint density at radius 2 is 1.75 bits per heavy atom. The molecule has 0 saturated carbocycles. The van der Waals surface area contributed by atoms with E-state index >= 15 is 0 Å². The molecule has 9 nitrogen and oxygen atoms in total. The van der Waals surface area contributed by atoms with Gasteiger partial charge in [-0.15, -0.1) is 0 Å². The highest BCUT2D eigenvalue weighted by atomic mass is 32.2. The van der Waals surface area contributed by atoms with Crippen molar-refractivity contribution in [1.82, 2.24) is 9.21 Å². The Kier molecular flexibility index (Phi) is 7.67. The smallest absolute Gasteiger partial charge is 0.256 e. The second kappa shape index (κ2) is 10.5. The molecule has 3 aliphatic heterocycles. The molecule has 4 rings (SSSR count). The molecular weight excluding hydrogens is 434 g/mol. The van der Waals surface area contributed by atoms with Crippen molar-refractivity contribution in [2.24, 2.45) is 0 Å². The van der Waals surface area contributed by atoms with Gasteiger partial charge in [0.15, 0.2) is 0 Å². The molecule has 0 radical (unpaired) electrons. The summed E-state index contributed by atoms with van der Waals surface area (Å²) < 4.78 is 44.5. The predicted octanol–water partition coefficient (Wildman–Crippen LogP) is 1.19. The van der Waals surface area contributed by atoms with Gasteiger partial charge >= 0.3 is 0 Å². The van der Waals surface area contributed by atoms with Crippen LogP contribution in [0.15, 0.2) is 23.1 Å². The van der Waals surface area contributed by atoms with E-state index in [-0.39, 0.29) is 16.9 Å². The van der Waals surface area contributed by atoms with Crippen LogP contribution in [0.2, 0.25) is 0 Å². The minimum atomic E-state index is -3.70. The van der Waals surface area contributed by atoms with Crippen molar-refractivity contribution >= 4 is 21.6 Å². The molecule has 10 heteroatoms. The lowest BCUT2D eigenvalue weighted by Crippen LogP contribution is -2.44. The lowest BCUT2D eigenvalue weighted by atomic mass is 10.0. The quantitative estimate of drug-likeness (QED) is 0.621. The van der Waals surface area contributed by atoms with Crippen LogP contribution >= 0.6 is 0 Å². The lowest BCUT2D eigenvalue weighted by molar-refractivity contribution is 0.00724. The van der Waals surface area contributed by atoms with Gasteiger partial charge in [-0.1, -0.05) is 0 Å². The summed E-state index contributed by atoms with van der Waals surface area (Å²) >= 11 is 0. The highest BCUT2D eigenvalue weighted by Crippen LogP contribution is 2.29. The molecule has 1 aromatic carbocycles. The van der Waals surface area contributed by atoms with E-state index in [1.54, 1.807) is 23.1 Å². The number of benzene rings is 1. The summed E-state index contributed by atoms with van der Waals surface area (Å²) in [7, 11) is -3.70. The highest BCUT2D eigenvalue weighted by Gasteiger charge is 2.31. The summed E-state index contributed by atoms with van der Waals surface area (Å²) in [5.41, 5.74) is 1.19. The van der Waals surface area contributed by atoms with Gasteiger partial charge in [0.25, 0.3) is 5.91 Å². The summed E-state index contributed by atoms with van der Waals surface area (Å²) in [6.07, 6.45) is 1.82. The largest absolute Gasteiger partial charge is 0.379 e. The third kappa shape index (κ3) is 5.09. The first-order valence-electron chi connectivity index (χ1n) is 11.5. The van der Waals surface area contributed by atoms with Gasteiger partial charge in [-0.05, 0) is 38.0 Å². The number of amides is 1. The van der Waals surface area contributed by atoms with E-state index in [2.05, 4.69) is 4.90 Å². The Bertz CT molecular complexity index is 895. The number of rotatable bonds is 6. The van der Waals surface area contributed by atoms with Gasteiger partial charge < -0.3 is 24.0 Å². The maximum atomic E-state index is 13.7. The van der Waals surface area contributed by atoms with Gasteiger partial charge in [0.2, 0.25) is 10.0 Å². The van der Waals surface area contributed by atoms with E-state index in [0.29, 0.717) is 77.9 Å². The second-order valence-corrected chi connectivity index (χ2v) is 10.2. The molecule has 0 N–H and O–H groups in total. The van der Waals surface area contributed by atoms with Gasteiger partial charge in [-0.25, -0.2) is 8.42 Å². The fourth-order valence-corrected chi connectivity index (χ4v) is 5.96. The van der Waals surface area contributed by atoms with Crippen LogP contribution in [-0.2, 0) is 24.2 Å². The number of hydrogen-bond acceptors (Lipinski definition) is 7. The normalized spacial score (nSPS) is 23.3. The Labute approximate surface area is 190 Å². The van der Waals surface area contributed by atoms with Crippen LogP contribution in [0.5, 0.6) is 0 Å². The van der Waals surface area contributed by atoms with Gasteiger partial charge in [0.1, 0.15) is 0 Å². The molecule has 1 atom stereocenters. The third-order valence-corrected chi connectivity index (χ3v) is 8.12. The Balaban J connectivity index is 1.67. The van der Waals surface area contributed by atoms with Crippen LogP contribution in [0, 0.1) is 0 Å². The lowest BCUT2D eigenvalue weighted by Gasteiger charge is -2.35. The summed E-state index contributed by atoms with van der Waals surface area (Å²) in [5, 5.41) is 0. The van der Waals surface area contributed by atoms with Crippen molar-refractivity contribution in [3.05, 3.63) is 23.8 Å². The fourth-order valence-electron chi connectivity index (χ4n) is 4.53. The Morgan fingerprint density at radius 1 is 1.06 bits per heavy atom. The molecular formula is C22H33N3O6S. The third-order valence-electron chi connectivity index (χ3n) is 6.23. The Hall–Kier alpha value is -1.72. The molecule has 0 aromatic heterocycles. The van der Waals surface area contributed by atoms with Gasteiger partial charge in [-0.2, -0.15) is 4.31 Å². The maximum Gasteiger partial charge on any atom is 0.256 e. The van der Waals surface area contributed by atoms with Crippen LogP contribution in [0.4, 0.5) is 5.69 Å². The average Bonchev–Trinajstić information content (AvgIpc) is 2.84. The predicted molar refractivity (Wildman–Crippen MR) is 120 cm³/mol. The van der Waals surface area contributed by atoms with E-state index in [1.165, 1.54) is 4.31 Å². The number of carbonyl (C=O) groups excluding carboxylic acids is 1. The average molecular weight is 468 g/mol. The van der Waals surface area contributed by atoms with Crippen LogP contribution in [0.3, 0.4) is 0 Å². The molecule has 178 valence electrons. The number of nitrogens with zero attached hydrogens (tertiary/aromatic N) is 3. The van der Waals surface area contributed by atoms with E-state index in [0.717, 1.165) is 18.5 Å². The topological polar surface area (TPSA) is 88.6 Å². The van der Waals surface area contributed by atoms with Crippen molar-refractivity contribution in [2.75, 3.05) is 77.2 Å². The standard InChI is InChI=1S/C22H33N3O6S/c1-2-31-18-4-3-7-24(17-18)22(26)20-16-19(32(27,28)25-10-14-30-15-11-25)5-6-21(20)23-8-12-29-13-9-23/h5-6,16,18H,2-4,7-15,17H2,1H3. The minimum Gasteiger partial charge on any atom is -0.379 e. The van der Waals surface area contributed by atoms with Crippen molar-refractivity contribution in [3.8, 4) is 0 Å². The zero-order valence-corrected chi connectivity index (χ0v) is 19.5. The molecule has 3 heterocycles. The van der Waals surface area contributed by atoms with Crippen LogP contribution < -0.4 is 4.90 Å².